The fourth-order valence-electron chi connectivity index (χ4n) is 1.67. The Labute approximate surface area is 76.8 Å². The summed E-state index contributed by atoms with van der Waals surface area (Å²) in [5.41, 5.74) is 0. The zero-order chi connectivity index (χ0) is 9.52. The highest BCUT2D eigenvalue weighted by Crippen LogP contribution is 2.21. The van der Waals surface area contributed by atoms with Gasteiger partial charge in [-0.1, -0.05) is 0 Å². The Morgan fingerprint density at radius 1 is 0.846 bits per heavy atom. The highest BCUT2D eigenvalue weighted by Gasteiger charge is 2.17. The summed E-state index contributed by atoms with van der Waals surface area (Å²) in [6.45, 7) is 0. The molecular weight excluding hydrogens is 168 g/mol. The van der Waals surface area contributed by atoms with Gasteiger partial charge in [-0.3, -0.25) is 0 Å². The summed E-state index contributed by atoms with van der Waals surface area (Å²) in [4.78, 5) is 27.4. The molecule has 1 aliphatic carbocycles. The van der Waals surface area contributed by atoms with Crippen LogP contribution < -0.4 is 0 Å². The van der Waals surface area contributed by atoms with Crippen LogP contribution in [0.25, 0.3) is 0 Å². The molecular formula is C9H12N2O2. The second kappa shape index (κ2) is 5.41. The molecule has 0 saturated heterocycles. The molecule has 2 unspecified atom stereocenters. The van der Waals surface area contributed by atoms with Crippen molar-refractivity contribution in [3.8, 4) is 0 Å². The second-order valence-electron chi connectivity index (χ2n) is 3.26. The average Bonchev–Trinajstić information content (AvgIpc) is 2.33. The molecule has 1 saturated carbocycles. The average molecular weight is 180 g/mol. The van der Waals surface area contributed by atoms with Gasteiger partial charge in [-0.25, -0.2) is 19.6 Å². The van der Waals surface area contributed by atoms with Gasteiger partial charge in [0, 0.05) is 0 Å². The molecule has 70 valence electrons. The van der Waals surface area contributed by atoms with Crippen LogP contribution in [-0.2, 0) is 9.59 Å². The van der Waals surface area contributed by atoms with E-state index in [1.54, 1.807) is 12.2 Å². The number of aliphatic imine (C=N–C) groups is 2. The lowest BCUT2D eigenvalue weighted by atomic mass is 10.1. The standard InChI is InChI=1S/C9H12N2O2/c12-6-10-8-2-1-3-9(5-4-8)11-7-13/h8-9H,1-5H2. The van der Waals surface area contributed by atoms with Gasteiger partial charge < -0.3 is 0 Å². The van der Waals surface area contributed by atoms with Crippen LogP contribution in [0.3, 0.4) is 0 Å². The first-order chi connectivity index (χ1) is 6.36. The Morgan fingerprint density at radius 3 is 1.69 bits per heavy atom. The Morgan fingerprint density at radius 2 is 1.31 bits per heavy atom. The van der Waals surface area contributed by atoms with Gasteiger partial charge >= 0.3 is 0 Å². The molecule has 0 N–H and O–H groups in total. The Kier molecular flexibility index (Phi) is 4.10. The van der Waals surface area contributed by atoms with Gasteiger partial charge in [0.25, 0.3) is 0 Å². The molecule has 0 bridgehead atoms. The van der Waals surface area contributed by atoms with Gasteiger partial charge in [0.2, 0.25) is 12.2 Å². The molecule has 0 aromatic heterocycles. The van der Waals surface area contributed by atoms with Crippen LogP contribution in [0.5, 0.6) is 0 Å². The zero-order valence-electron chi connectivity index (χ0n) is 7.40. The van der Waals surface area contributed by atoms with Crippen molar-refractivity contribution in [3.05, 3.63) is 0 Å². The number of hydrogen-bond acceptors (Lipinski definition) is 4. The van der Waals surface area contributed by atoms with Gasteiger partial charge in [0.15, 0.2) is 0 Å². The number of hydrogen-bond donors (Lipinski definition) is 0. The molecule has 0 heterocycles. The summed E-state index contributed by atoms with van der Waals surface area (Å²) in [7, 11) is 0. The van der Waals surface area contributed by atoms with Crippen molar-refractivity contribution in [1.29, 1.82) is 0 Å². The summed E-state index contributed by atoms with van der Waals surface area (Å²) in [5.74, 6) is 0. The smallest absolute Gasteiger partial charge is 0.211 e. The molecule has 13 heavy (non-hydrogen) atoms. The topological polar surface area (TPSA) is 58.9 Å². The van der Waals surface area contributed by atoms with Crippen molar-refractivity contribution >= 4 is 12.2 Å². The van der Waals surface area contributed by atoms with E-state index in [0.29, 0.717) is 0 Å². The SMILES string of the molecule is O=C=NC1CCCC(N=C=O)CC1. The third kappa shape index (κ3) is 3.32. The third-order valence-electron chi connectivity index (χ3n) is 2.38. The van der Waals surface area contributed by atoms with Crippen LogP contribution in [0.4, 0.5) is 0 Å². The number of carbonyl (C=O) groups excluding carboxylic acids is 2. The number of rotatable bonds is 2. The van der Waals surface area contributed by atoms with Crippen molar-refractivity contribution in [2.45, 2.75) is 44.2 Å². The van der Waals surface area contributed by atoms with Crippen LogP contribution in [-0.4, -0.2) is 24.2 Å². The van der Waals surface area contributed by atoms with Gasteiger partial charge in [-0.2, -0.15) is 0 Å². The van der Waals surface area contributed by atoms with E-state index < -0.39 is 0 Å². The molecule has 4 nitrogen and oxygen atoms in total. The first-order valence-electron chi connectivity index (χ1n) is 4.50. The van der Waals surface area contributed by atoms with Crippen LogP contribution >= 0.6 is 0 Å². The molecule has 4 heteroatoms. The summed E-state index contributed by atoms with van der Waals surface area (Å²) >= 11 is 0. The second-order valence-corrected chi connectivity index (χ2v) is 3.26. The fraction of sp³-hybridized carbons (Fsp3) is 0.778. The molecule has 0 radical (unpaired) electrons. The minimum Gasteiger partial charge on any atom is -0.211 e. The first kappa shape index (κ1) is 9.85. The van der Waals surface area contributed by atoms with E-state index in [2.05, 4.69) is 9.98 Å². The molecule has 0 amide bonds. The van der Waals surface area contributed by atoms with Crippen LogP contribution in [0.2, 0.25) is 0 Å². The van der Waals surface area contributed by atoms with Crippen LogP contribution in [0.15, 0.2) is 9.98 Å². The Bertz CT molecular complexity index is 226. The van der Waals surface area contributed by atoms with Gasteiger partial charge in [0.05, 0.1) is 12.1 Å². The summed E-state index contributed by atoms with van der Waals surface area (Å²) < 4.78 is 0. The minimum atomic E-state index is 0.0874. The zero-order valence-corrected chi connectivity index (χ0v) is 7.40. The monoisotopic (exact) mass is 180 g/mol. The van der Waals surface area contributed by atoms with Crippen LogP contribution in [0.1, 0.15) is 32.1 Å². The normalized spacial score (nSPS) is 28.0. The van der Waals surface area contributed by atoms with Crippen LogP contribution in [0, 0.1) is 0 Å². The van der Waals surface area contributed by atoms with Crippen molar-refractivity contribution in [2.24, 2.45) is 9.98 Å². The highest BCUT2D eigenvalue weighted by atomic mass is 16.1. The maximum atomic E-state index is 10.0. The summed E-state index contributed by atoms with van der Waals surface area (Å²) in [5, 5.41) is 0. The number of isocyanates is 2. The maximum Gasteiger partial charge on any atom is 0.235 e. The molecule has 0 spiro atoms. The maximum absolute atomic E-state index is 10.0. The fourth-order valence-corrected chi connectivity index (χ4v) is 1.67. The van der Waals surface area contributed by atoms with Gasteiger partial charge in [-0.15, -0.1) is 0 Å². The quantitative estimate of drug-likeness (QED) is 0.366. The van der Waals surface area contributed by atoms with Gasteiger partial charge in [-0.05, 0) is 32.1 Å². The molecule has 2 atom stereocenters. The van der Waals surface area contributed by atoms with E-state index in [0.717, 1.165) is 32.1 Å². The molecule has 1 fully saturated rings. The van der Waals surface area contributed by atoms with E-state index in [1.807, 2.05) is 0 Å². The van der Waals surface area contributed by atoms with E-state index in [9.17, 15) is 9.59 Å². The molecule has 1 aliphatic rings. The molecule has 0 aliphatic heterocycles. The van der Waals surface area contributed by atoms with Crippen molar-refractivity contribution < 1.29 is 9.59 Å². The van der Waals surface area contributed by atoms with Gasteiger partial charge in [0.1, 0.15) is 0 Å². The Balaban J connectivity index is 2.47. The van der Waals surface area contributed by atoms with E-state index in [1.165, 1.54) is 0 Å². The first-order valence-corrected chi connectivity index (χ1v) is 4.50. The molecule has 0 aromatic carbocycles. The molecule has 0 aromatic rings. The van der Waals surface area contributed by atoms with Crippen molar-refractivity contribution in [2.75, 3.05) is 0 Å². The number of nitrogens with zero attached hydrogens (tertiary/aromatic N) is 2. The third-order valence-corrected chi connectivity index (χ3v) is 2.38. The minimum absolute atomic E-state index is 0.0874. The van der Waals surface area contributed by atoms with E-state index in [-0.39, 0.29) is 12.1 Å². The lowest BCUT2D eigenvalue weighted by molar-refractivity contribution is 0.531. The molecule has 1 rings (SSSR count). The van der Waals surface area contributed by atoms with E-state index in [4.69, 9.17) is 0 Å². The lowest BCUT2D eigenvalue weighted by Gasteiger charge is -2.04. The predicted octanol–water partition coefficient (Wildman–Crippen LogP) is 1.36. The summed E-state index contributed by atoms with van der Waals surface area (Å²) in [6, 6.07) is 0.175. The largest absolute Gasteiger partial charge is 0.235 e. The summed E-state index contributed by atoms with van der Waals surface area (Å²) in [6.07, 6.45) is 7.58. The van der Waals surface area contributed by atoms with E-state index >= 15 is 0 Å². The lowest BCUT2D eigenvalue weighted by Crippen LogP contribution is -2.04. The highest BCUT2D eigenvalue weighted by molar-refractivity contribution is 5.34. The van der Waals surface area contributed by atoms with Crippen molar-refractivity contribution in [1.82, 2.24) is 0 Å². The predicted molar refractivity (Wildman–Crippen MR) is 46.9 cm³/mol. The van der Waals surface area contributed by atoms with Crippen molar-refractivity contribution in [3.63, 3.8) is 0 Å². The Hall–Kier alpha value is -1.24.